The summed E-state index contributed by atoms with van der Waals surface area (Å²) in [6.07, 6.45) is 0.0881. The van der Waals surface area contributed by atoms with Crippen LogP contribution in [0.25, 0.3) is 0 Å². The predicted molar refractivity (Wildman–Crippen MR) is 102 cm³/mol. The Morgan fingerprint density at radius 2 is 1.96 bits per heavy atom. The Kier molecular flexibility index (Phi) is 7.28. The number of aliphatic hydroxyl groups is 1. The number of benzene rings is 2. The number of ether oxygens (including phenoxy) is 1. The Morgan fingerprint density at radius 1 is 1.24 bits per heavy atom. The van der Waals surface area contributed by atoms with Crippen LogP contribution >= 0.6 is 15.9 Å². The molecule has 134 valence electrons. The van der Waals surface area contributed by atoms with E-state index in [1.165, 1.54) is 4.90 Å². The number of nitrogens with two attached hydrogens (primary N) is 1. The quantitative estimate of drug-likeness (QED) is 0.678. The molecule has 1 amide bonds. The molecule has 0 spiro atoms. The number of halogens is 1. The number of carbonyl (C=O) groups is 1. The fraction of sp³-hybridized carbons (Fsp3) is 0.316. The molecule has 2 rings (SSSR count). The van der Waals surface area contributed by atoms with Gasteiger partial charge in [-0.3, -0.25) is 0 Å². The highest BCUT2D eigenvalue weighted by molar-refractivity contribution is 9.10. The molecular formula is C19H23BrN2O3. The summed E-state index contributed by atoms with van der Waals surface area (Å²) in [5.74, 6) is 0. The number of aliphatic hydroxyl groups excluding tert-OH is 1. The molecule has 6 heteroatoms. The van der Waals surface area contributed by atoms with Gasteiger partial charge in [0, 0.05) is 29.3 Å². The summed E-state index contributed by atoms with van der Waals surface area (Å²) in [7, 11) is 1.69. The summed E-state index contributed by atoms with van der Waals surface area (Å²) < 4.78 is 6.05. The lowest BCUT2D eigenvalue weighted by atomic mass is 10.0. The Hall–Kier alpha value is -2.05. The second-order valence-electron chi connectivity index (χ2n) is 5.86. The largest absolute Gasteiger partial charge is 0.445 e. The molecule has 0 heterocycles. The first-order chi connectivity index (χ1) is 12.0. The van der Waals surface area contributed by atoms with Gasteiger partial charge < -0.3 is 20.5 Å². The molecular weight excluding hydrogens is 384 g/mol. The third-order valence-corrected chi connectivity index (χ3v) is 4.60. The van der Waals surface area contributed by atoms with E-state index >= 15 is 0 Å². The maximum Gasteiger partial charge on any atom is 0.409 e. The molecule has 2 aromatic carbocycles. The standard InChI is InChI=1S/C19H23BrN2O3/c1-22(19(24)25-13-14-7-3-2-4-8-14)12-6-11-17(23)18-15(20)9-5-10-16(18)21/h2-5,7-10,17,23H,6,11-13,21H2,1H3. The molecule has 1 atom stereocenters. The van der Waals surface area contributed by atoms with Crippen LogP contribution in [0, 0.1) is 0 Å². The first-order valence-electron chi connectivity index (χ1n) is 8.13. The van der Waals surface area contributed by atoms with E-state index in [4.69, 9.17) is 10.5 Å². The first-order valence-corrected chi connectivity index (χ1v) is 8.92. The van der Waals surface area contributed by atoms with Crippen molar-refractivity contribution in [1.29, 1.82) is 0 Å². The highest BCUT2D eigenvalue weighted by atomic mass is 79.9. The van der Waals surface area contributed by atoms with Crippen LogP contribution in [0.15, 0.2) is 53.0 Å². The minimum Gasteiger partial charge on any atom is -0.445 e. The molecule has 3 N–H and O–H groups in total. The summed E-state index contributed by atoms with van der Waals surface area (Å²) in [5.41, 5.74) is 8.12. The van der Waals surface area contributed by atoms with Crippen molar-refractivity contribution in [2.24, 2.45) is 0 Å². The minimum atomic E-state index is -0.677. The van der Waals surface area contributed by atoms with Crippen LogP contribution in [0.4, 0.5) is 10.5 Å². The molecule has 0 saturated heterocycles. The average molecular weight is 407 g/mol. The molecule has 0 bridgehead atoms. The zero-order chi connectivity index (χ0) is 18.2. The Bertz CT molecular complexity index is 674. The Labute approximate surface area is 156 Å². The van der Waals surface area contributed by atoms with Crippen molar-refractivity contribution in [3.8, 4) is 0 Å². The summed E-state index contributed by atoms with van der Waals surface area (Å²) >= 11 is 3.41. The number of rotatable bonds is 7. The lowest BCUT2D eigenvalue weighted by Gasteiger charge is -2.19. The van der Waals surface area contributed by atoms with Gasteiger partial charge in [-0.25, -0.2) is 4.79 Å². The molecule has 2 aromatic rings. The number of carbonyl (C=O) groups excluding carboxylic acids is 1. The van der Waals surface area contributed by atoms with Crippen molar-refractivity contribution in [3.05, 3.63) is 64.1 Å². The third kappa shape index (κ3) is 5.76. The molecule has 25 heavy (non-hydrogen) atoms. The van der Waals surface area contributed by atoms with Gasteiger partial charge in [-0.05, 0) is 30.5 Å². The fourth-order valence-electron chi connectivity index (χ4n) is 2.49. The van der Waals surface area contributed by atoms with Crippen molar-refractivity contribution in [1.82, 2.24) is 4.90 Å². The average Bonchev–Trinajstić information content (AvgIpc) is 2.60. The number of anilines is 1. The third-order valence-electron chi connectivity index (χ3n) is 3.91. The maximum atomic E-state index is 12.0. The van der Waals surface area contributed by atoms with Crippen molar-refractivity contribution in [2.75, 3.05) is 19.3 Å². The fourth-order valence-corrected chi connectivity index (χ4v) is 3.14. The lowest BCUT2D eigenvalue weighted by Crippen LogP contribution is -2.28. The first kappa shape index (κ1) is 19.3. The summed E-state index contributed by atoms with van der Waals surface area (Å²) in [6.45, 7) is 0.745. The number of hydrogen-bond donors (Lipinski definition) is 2. The van der Waals surface area contributed by atoms with Crippen molar-refractivity contribution >= 4 is 27.7 Å². The van der Waals surface area contributed by atoms with E-state index in [-0.39, 0.29) is 12.7 Å². The highest BCUT2D eigenvalue weighted by Crippen LogP contribution is 2.31. The summed E-state index contributed by atoms with van der Waals surface area (Å²) in [5, 5.41) is 10.3. The minimum absolute atomic E-state index is 0.250. The van der Waals surface area contributed by atoms with Crippen molar-refractivity contribution in [3.63, 3.8) is 0 Å². The van der Waals surface area contributed by atoms with Crippen molar-refractivity contribution < 1.29 is 14.6 Å². The van der Waals surface area contributed by atoms with Gasteiger partial charge in [-0.1, -0.05) is 52.3 Å². The van der Waals surface area contributed by atoms with E-state index in [1.807, 2.05) is 42.5 Å². The van der Waals surface area contributed by atoms with Gasteiger partial charge in [0.15, 0.2) is 0 Å². The van der Waals surface area contributed by atoms with Crippen LogP contribution in [0.2, 0.25) is 0 Å². The molecule has 0 radical (unpaired) electrons. The lowest BCUT2D eigenvalue weighted by molar-refractivity contribution is 0.101. The number of nitrogen functional groups attached to an aromatic ring is 1. The van der Waals surface area contributed by atoms with Crippen LogP contribution in [0.1, 0.15) is 30.1 Å². The predicted octanol–water partition coefficient (Wildman–Crippen LogP) is 4.11. The molecule has 1 unspecified atom stereocenters. The molecule has 0 saturated carbocycles. The second-order valence-corrected chi connectivity index (χ2v) is 6.72. The van der Waals surface area contributed by atoms with Crippen LogP contribution in [-0.2, 0) is 11.3 Å². The van der Waals surface area contributed by atoms with E-state index in [9.17, 15) is 9.90 Å². The highest BCUT2D eigenvalue weighted by Gasteiger charge is 2.16. The summed E-state index contributed by atoms with van der Waals surface area (Å²) in [4.78, 5) is 13.5. The summed E-state index contributed by atoms with van der Waals surface area (Å²) in [6, 6.07) is 15.0. The second kappa shape index (κ2) is 9.44. The Morgan fingerprint density at radius 3 is 2.64 bits per heavy atom. The van der Waals surface area contributed by atoms with E-state index in [0.717, 1.165) is 10.0 Å². The van der Waals surface area contributed by atoms with E-state index in [0.29, 0.717) is 30.6 Å². The molecule has 0 aliphatic heterocycles. The molecule has 0 aromatic heterocycles. The van der Waals surface area contributed by atoms with E-state index < -0.39 is 6.10 Å². The van der Waals surface area contributed by atoms with Gasteiger partial charge in [-0.15, -0.1) is 0 Å². The van der Waals surface area contributed by atoms with Gasteiger partial charge in [0.05, 0.1) is 6.10 Å². The van der Waals surface area contributed by atoms with Gasteiger partial charge in [0.2, 0.25) is 0 Å². The normalized spacial score (nSPS) is 11.8. The maximum absolute atomic E-state index is 12.0. The van der Waals surface area contributed by atoms with E-state index in [1.54, 1.807) is 13.1 Å². The monoisotopic (exact) mass is 406 g/mol. The zero-order valence-electron chi connectivity index (χ0n) is 14.2. The van der Waals surface area contributed by atoms with Crippen LogP contribution < -0.4 is 5.73 Å². The van der Waals surface area contributed by atoms with Gasteiger partial charge >= 0.3 is 6.09 Å². The van der Waals surface area contributed by atoms with Crippen molar-refractivity contribution in [2.45, 2.75) is 25.6 Å². The smallest absolute Gasteiger partial charge is 0.409 e. The number of hydrogen-bond acceptors (Lipinski definition) is 4. The Balaban J connectivity index is 1.76. The number of nitrogens with zero attached hydrogens (tertiary/aromatic N) is 1. The van der Waals surface area contributed by atoms with Crippen LogP contribution in [0.5, 0.6) is 0 Å². The molecule has 0 aliphatic rings. The van der Waals surface area contributed by atoms with E-state index in [2.05, 4.69) is 15.9 Å². The SMILES string of the molecule is CN(CCCC(O)c1c(N)cccc1Br)C(=O)OCc1ccccc1. The van der Waals surface area contributed by atoms with Gasteiger partial charge in [-0.2, -0.15) is 0 Å². The molecule has 5 nitrogen and oxygen atoms in total. The van der Waals surface area contributed by atoms with Gasteiger partial charge in [0.1, 0.15) is 6.61 Å². The number of amides is 1. The topological polar surface area (TPSA) is 75.8 Å². The van der Waals surface area contributed by atoms with Gasteiger partial charge in [0.25, 0.3) is 0 Å². The zero-order valence-corrected chi connectivity index (χ0v) is 15.8. The molecule has 0 fully saturated rings. The van der Waals surface area contributed by atoms with Crippen LogP contribution in [0.3, 0.4) is 0 Å². The molecule has 0 aliphatic carbocycles. The van der Waals surface area contributed by atoms with Crippen LogP contribution in [-0.4, -0.2) is 29.7 Å².